The molecule has 0 bridgehead atoms. The van der Waals surface area contributed by atoms with Crippen LogP contribution < -0.4 is 10.1 Å². The van der Waals surface area contributed by atoms with E-state index in [-0.39, 0.29) is 46.8 Å². The first kappa shape index (κ1) is 24.9. The van der Waals surface area contributed by atoms with Gasteiger partial charge in [0.15, 0.2) is 5.78 Å². The molecule has 2 aromatic carbocycles. The van der Waals surface area contributed by atoms with Gasteiger partial charge in [0.2, 0.25) is 0 Å². The molecule has 6 atom stereocenters. The van der Waals surface area contributed by atoms with Crippen molar-refractivity contribution in [1.82, 2.24) is 5.32 Å². The second kappa shape index (κ2) is 7.79. The minimum Gasteiger partial charge on any atom is -0.508 e. The molecule has 1 amide bonds. The normalized spacial score (nSPS) is 34.8. The number of aliphatic hydroxyl groups is 1. The van der Waals surface area contributed by atoms with Crippen LogP contribution in [0.3, 0.4) is 0 Å². The van der Waals surface area contributed by atoms with Crippen molar-refractivity contribution in [1.29, 1.82) is 0 Å². The zero-order valence-electron chi connectivity index (χ0n) is 21.9. The van der Waals surface area contributed by atoms with Gasteiger partial charge in [0.05, 0.1) is 22.1 Å². The molecule has 4 aliphatic rings. The van der Waals surface area contributed by atoms with Crippen molar-refractivity contribution in [2.45, 2.75) is 71.1 Å². The van der Waals surface area contributed by atoms with Crippen molar-refractivity contribution in [3.8, 4) is 11.5 Å². The minimum absolute atomic E-state index is 0.0134. The SMILES string of the molecule is C[C@H]1CC[C@H]2C(C)(C)C(=O)C(O)C[C@]23Oc2c(c([N+](=O)[O-])cc4c2C(c2ccccc2O)NC4=O)C[C@]13C. The fraction of sp³-hybridized carbons (Fsp3) is 0.517. The maximum atomic E-state index is 13.2. The Kier molecular flexibility index (Phi) is 5.09. The van der Waals surface area contributed by atoms with E-state index in [0.717, 1.165) is 12.8 Å². The van der Waals surface area contributed by atoms with Gasteiger partial charge in [-0.3, -0.25) is 19.7 Å². The molecule has 2 aliphatic heterocycles. The Bertz CT molecular complexity index is 1420. The number of Topliss-reactive ketones (excluding diaryl/α,β-unsaturated/α-hetero) is 1. The number of phenolic OH excluding ortho intramolecular Hbond substituents is 1. The van der Waals surface area contributed by atoms with Gasteiger partial charge in [-0.1, -0.05) is 45.9 Å². The highest BCUT2D eigenvalue weighted by atomic mass is 16.6. The van der Waals surface area contributed by atoms with Gasteiger partial charge in [0.25, 0.3) is 11.6 Å². The summed E-state index contributed by atoms with van der Waals surface area (Å²) in [5.41, 5.74) is -1.18. The first-order chi connectivity index (χ1) is 17.8. The van der Waals surface area contributed by atoms with Crippen molar-refractivity contribution >= 4 is 17.4 Å². The Morgan fingerprint density at radius 3 is 2.55 bits per heavy atom. The van der Waals surface area contributed by atoms with Crippen molar-refractivity contribution < 1.29 is 29.5 Å². The maximum absolute atomic E-state index is 13.2. The highest BCUT2D eigenvalue weighted by Gasteiger charge is 2.70. The monoisotopic (exact) mass is 520 g/mol. The number of aliphatic hydroxyl groups excluding tert-OH is 1. The predicted octanol–water partition coefficient (Wildman–Crippen LogP) is 4.22. The average molecular weight is 521 g/mol. The van der Waals surface area contributed by atoms with E-state index in [0.29, 0.717) is 23.1 Å². The van der Waals surface area contributed by atoms with Gasteiger partial charge in [0, 0.05) is 40.4 Å². The summed E-state index contributed by atoms with van der Waals surface area (Å²) in [7, 11) is 0. The third kappa shape index (κ3) is 2.96. The van der Waals surface area contributed by atoms with E-state index < -0.39 is 39.4 Å². The Balaban J connectivity index is 1.65. The first-order valence-electron chi connectivity index (χ1n) is 13.2. The summed E-state index contributed by atoms with van der Waals surface area (Å²) in [4.78, 5) is 38.1. The van der Waals surface area contributed by atoms with Gasteiger partial charge in [-0.15, -0.1) is 0 Å². The Morgan fingerprint density at radius 1 is 1.16 bits per heavy atom. The standard InChI is InChI=1S/C29H32N2O7/c1-14-9-10-21-27(2,3)25(34)20(33)13-29(21)28(14,4)12-17-18(31(36)37)11-16-22(24(17)38-29)23(30-26(16)35)15-7-5-6-8-19(15)32/h5-8,11,14,20-21,23,32-33H,9-10,12-13H2,1-4H3,(H,30,35)/t14-,20?,21-,23?,28+,29-/m0/s1. The van der Waals surface area contributed by atoms with Crippen molar-refractivity contribution in [2.24, 2.45) is 22.7 Å². The first-order valence-corrected chi connectivity index (χ1v) is 13.2. The van der Waals surface area contributed by atoms with Crippen molar-refractivity contribution in [3.63, 3.8) is 0 Å². The molecule has 1 spiro atoms. The number of fused-ring (bicyclic) bond motifs is 3. The average Bonchev–Trinajstić information content (AvgIpc) is 3.18. The van der Waals surface area contributed by atoms with Gasteiger partial charge in [-0.2, -0.15) is 0 Å². The highest BCUT2D eigenvalue weighted by molar-refractivity contribution is 6.02. The lowest BCUT2D eigenvalue weighted by molar-refractivity contribution is -0.386. The summed E-state index contributed by atoms with van der Waals surface area (Å²) >= 11 is 0. The second-order valence-electron chi connectivity index (χ2n) is 12.3. The fourth-order valence-corrected chi connectivity index (χ4v) is 8.06. The van der Waals surface area contributed by atoms with E-state index >= 15 is 0 Å². The van der Waals surface area contributed by atoms with Crippen LogP contribution in [0.15, 0.2) is 30.3 Å². The smallest absolute Gasteiger partial charge is 0.277 e. The number of rotatable bonds is 2. The molecular formula is C29H32N2O7. The number of ketones is 1. The molecule has 2 heterocycles. The van der Waals surface area contributed by atoms with Crippen LogP contribution in [0, 0.1) is 32.8 Å². The molecule has 2 saturated carbocycles. The molecular weight excluding hydrogens is 488 g/mol. The van der Waals surface area contributed by atoms with Crippen LogP contribution >= 0.6 is 0 Å². The number of nitro groups is 1. The summed E-state index contributed by atoms with van der Waals surface area (Å²) < 4.78 is 7.04. The number of hydrogen-bond acceptors (Lipinski definition) is 7. The summed E-state index contributed by atoms with van der Waals surface area (Å²) in [6.45, 7) is 7.88. The molecule has 9 heteroatoms. The van der Waals surface area contributed by atoms with E-state index in [2.05, 4.69) is 19.2 Å². The molecule has 0 radical (unpaired) electrons. The number of nitro benzene ring substituents is 1. The van der Waals surface area contributed by atoms with Crippen LogP contribution in [0.4, 0.5) is 5.69 Å². The predicted molar refractivity (Wildman–Crippen MR) is 137 cm³/mol. The van der Waals surface area contributed by atoms with Crippen LogP contribution in [-0.2, 0) is 11.2 Å². The molecule has 2 unspecified atom stereocenters. The number of phenols is 1. The highest BCUT2D eigenvalue weighted by Crippen LogP contribution is 2.66. The Labute approximate surface area is 220 Å². The number of carbonyl (C=O) groups excluding carboxylic acids is 2. The third-order valence-corrected chi connectivity index (χ3v) is 10.3. The third-order valence-electron chi connectivity index (χ3n) is 10.3. The Morgan fingerprint density at radius 2 is 1.87 bits per heavy atom. The molecule has 0 aromatic heterocycles. The van der Waals surface area contributed by atoms with Gasteiger partial charge in [0.1, 0.15) is 23.2 Å². The van der Waals surface area contributed by atoms with Crippen LogP contribution in [0.2, 0.25) is 0 Å². The summed E-state index contributed by atoms with van der Waals surface area (Å²) in [5, 5.41) is 36.9. The quantitative estimate of drug-likeness (QED) is 0.398. The van der Waals surface area contributed by atoms with E-state index in [9.17, 15) is 29.9 Å². The molecule has 0 saturated heterocycles. The molecule has 6 rings (SSSR count). The number of benzene rings is 2. The number of nitrogens with one attached hydrogen (secondary N) is 1. The largest absolute Gasteiger partial charge is 0.508 e. The van der Waals surface area contributed by atoms with Gasteiger partial charge >= 0.3 is 0 Å². The van der Waals surface area contributed by atoms with Crippen LogP contribution in [0.5, 0.6) is 11.5 Å². The molecule has 9 nitrogen and oxygen atoms in total. The Hall–Kier alpha value is -3.46. The zero-order chi connectivity index (χ0) is 27.4. The minimum atomic E-state index is -1.23. The van der Waals surface area contributed by atoms with Crippen molar-refractivity contribution in [2.75, 3.05) is 0 Å². The van der Waals surface area contributed by atoms with Crippen LogP contribution in [0.25, 0.3) is 0 Å². The summed E-state index contributed by atoms with van der Waals surface area (Å²) in [6, 6.07) is 7.21. The fourth-order valence-electron chi connectivity index (χ4n) is 8.06. The molecule has 2 aromatic rings. The van der Waals surface area contributed by atoms with Crippen LogP contribution in [0.1, 0.15) is 80.0 Å². The molecule has 2 aliphatic carbocycles. The molecule has 3 N–H and O–H groups in total. The lowest BCUT2D eigenvalue weighted by atomic mass is 9.43. The number of nitrogens with zero attached hydrogens (tertiary/aromatic N) is 1. The van der Waals surface area contributed by atoms with Crippen LogP contribution in [-0.4, -0.2) is 38.5 Å². The molecule has 2 fully saturated rings. The number of aromatic hydroxyl groups is 1. The zero-order valence-corrected chi connectivity index (χ0v) is 21.9. The number of hydrogen-bond donors (Lipinski definition) is 3. The van der Waals surface area contributed by atoms with E-state index in [4.69, 9.17) is 4.74 Å². The van der Waals surface area contributed by atoms with Gasteiger partial charge in [-0.25, -0.2) is 0 Å². The summed E-state index contributed by atoms with van der Waals surface area (Å²) in [6.07, 6.45) is 0.707. The number of carbonyl (C=O) groups is 2. The number of amides is 1. The van der Waals surface area contributed by atoms with Gasteiger partial charge < -0.3 is 20.3 Å². The van der Waals surface area contributed by atoms with E-state index in [1.54, 1.807) is 18.2 Å². The lowest BCUT2D eigenvalue weighted by Gasteiger charge is -2.66. The molecule has 38 heavy (non-hydrogen) atoms. The van der Waals surface area contributed by atoms with Crippen molar-refractivity contribution in [3.05, 3.63) is 62.7 Å². The van der Waals surface area contributed by atoms with E-state index in [1.807, 2.05) is 13.8 Å². The topological polar surface area (TPSA) is 139 Å². The second-order valence-corrected chi connectivity index (χ2v) is 12.3. The molecule has 200 valence electrons. The van der Waals surface area contributed by atoms with E-state index in [1.165, 1.54) is 12.1 Å². The number of ether oxygens (including phenoxy) is 1. The lowest BCUT2D eigenvalue weighted by Crippen LogP contribution is -2.72. The summed E-state index contributed by atoms with van der Waals surface area (Å²) in [5.74, 6) is -0.585. The maximum Gasteiger partial charge on any atom is 0.277 e. The number of para-hydroxylation sites is 1. The van der Waals surface area contributed by atoms with Gasteiger partial charge in [-0.05, 0) is 31.2 Å².